The first-order chi connectivity index (χ1) is 7.27. The van der Waals surface area contributed by atoms with E-state index in [2.05, 4.69) is 25.7 Å². The molecule has 1 amide bonds. The number of rotatable bonds is 1. The minimum absolute atomic E-state index is 0.0637. The highest BCUT2D eigenvalue weighted by Crippen LogP contribution is 2.36. The number of amides is 1. The lowest BCUT2D eigenvalue weighted by Crippen LogP contribution is -2.42. The van der Waals surface area contributed by atoms with Crippen LogP contribution in [0.1, 0.15) is 53.4 Å². The first kappa shape index (κ1) is 15.0. The van der Waals surface area contributed by atoms with E-state index < -0.39 is 11.6 Å². The average Bonchev–Trinajstić information content (AvgIpc) is 2.26. The molecule has 1 atom stereocenters. The van der Waals surface area contributed by atoms with E-state index in [4.69, 9.17) is 5.73 Å². The normalized spacial score (nSPS) is 26.6. The van der Waals surface area contributed by atoms with Gasteiger partial charge >= 0.3 is 0 Å². The second-order valence-corrected chi connectivity index (χ2v) is 5.08. The van der Waals surface area contributed by atoms with Crippen LogP contribution in [0.15, 0.2) is 0 Å². The van der Waals surface area contributed by atoms with E-state index in [1.54, 1.807) is 0 Å². The van der Waals surface area contributed by atoms with Crippen molar-refractivity contribution in [2.24, 2.45) is 11.1 Å². The van der Waals surface area contributed by atoms with Crippen molar-refractivity contribution in [2.45, 2.75) is 59.0 Å². The number of alkyl halides is 1. The zero-order valence-electron chi connectivity index (χ0n) is 10.7. The molecule has 0 fully saturated rings. The number of halogens is 1. The van der Waals surface area contributed by atoms with Crippen molar-refractivity contribution in [2.75, 3.05) is 0 Å². The van der Waals surface area contributed by atoms with Gasteiger partial charge in [-0.1, -0.05) is 40.0 Å². The molecule has 0 saturated carbocycles. The summed E-state index contributed by atoms with van der Waals surface area (Å²) in [6.07, 6.45) is 1.95. The van der Waals surface area contributed by atoms with Gasteiger partial charge in [-0.25, -0.2) is 4.39 Å². The highest BCUT2D eigenvalue weighted by atomic mass is 19.1. The summed E-state index contributed by atoms with van der Waals surface area (Å²) in [5.74, 6) is 4.61. The lowest BCUT2D eigenvalue weighted by atomic mass is 9.79. The van der Waals surface area contributed by atoms with Crippen LogP contribution < -0.4 is 5.73 Å². The quantitative estimate of drug-likeness (QED) is 0.688. The molecule has 92 valence electrons. The van der Waals surface area contributed by atoms with Gasteiger partial charge in [0.1, 0.15) is 0 Å². The van der Waals surface area contributed by atoms with Crippen LogP contribution in [0.2, 0.25) is 0 Å². The van der Waals surface area contributed by atoms with E-state index in [9.17, 15) is 9.18 Å². The fourth-order valence-corrected chi connectivity index (χ4v) is 1.56. The summed E-state index contributed by atoms with van der Waals surface area (Å²) in [7, 11) is 0. The summed E-state index contributed by atoms with van der Waals surface area (Å²) in [6.45, 7) is 8.04. The molecule has 1 aliphatic carbocycles. The molecule has 0 aromatic carbocycles. The smallest absolute Gasteiger partial charge is 0.256 e. The Bertz CT molecular complexity index is 301. The second kappa shape index (κ2) is 5.89. The SMILES string of the molecule is CC1(C)CC#CC[C@](F)(C(N)=O)C1.CCC. The monoisotopic (exact) mass is 227 g/mol. The average molecular weight is 227 g/mol. The molecule has 0 spiro atoms. The number of carbonyl (C=O) groups is 1. The van der Waals surface area contributed by atoms with Crippen molar-refractivity contribution >= 4 is 5.91 Å². The predicted molar refractivity (Wildman–Crippen MR) is 64.4 cm³/mol. The molecular weight excluding hydrogens is 205 g/mol. The van der Waals surface area contributed by atoms with Gasteiger partial charge in [-0.2, -0.15) is 0 Å². The Morgan fingerprint density at radius 1 is 1.31 bits per heavy atom. The van der Waals surface area contributed by atoms with Gasteiger partial charge in [-0.15, -0.1) is 5.92 Å². The standard InChI is InChI=1S/C10H14FNO.C3H8/c1-9(2)5-3-4-6-10(11,7-9)8(12)13;1-3-2/h5-7H2,1-2H3,(H2,12,13);3H2,1-2H3/t10-;/m1./s1. The van der Waals surface area contributed by atoms with Crippen molar-refractivity contribution in [1.82, 2.24) is 0 Å². The molecule has 0 saturated heterocycles. The maximum Gasteiger partial charge on any atom is 0.256 e. The molecule has 16 heavy (non-hydrogen) atoms. The van der Waals surface area contributed by atoms with E-state index in [1.807, 2.05) is 13.8 Å². The van der Waals surface area contributed by atoms with Gasteiger partial charge < -0.3 is 5.73 Å². The van der Waals surface area contributed by atoms with Gasteiger partial charge in [0.05, 0.1) is 6.42 Å². The van der Waals surface area contributed by atoms with E-state index in [0.29, 0.717) is 6.42 Å². The Hall–Kier alpha value is -1.04. The Balaban J connectivity index is 0.000000673. The number of hydrogen-bond donors (Lipinski definition) is 1. The molecule has 2 N–H and O–H groups in total. The Morgan fingerprint density at radius 2 is 1.75 bits per heavy atom. The summed E-state index contributed by atoms with van der Waals surface area (Å²) in [4.78, 5) is 10.9. The zero-order chi connectivity index (χ0) is 12.8. The van der Waals surface area contributed by atoms with Gasteiger partial charge in [0.15, 0.2) is 5.67 Å². The van der Waals surface area contributed by atoms with Gasteiger partial charge in [0.2, 0.25) is 0 Å². The van der Waals surface area contributed by atoms with Crippen LogP contribution in [-0.2, 0) is 4.79 Å². The molecule has 0 unspecified atom stereocenters. The van der Waals surface area contributed by atoms with Crippen LogP contribution in [0.25, 0.3) is 0 Å². The molecule has 0 radical (unpaired) electrons. The third-order valence-corrected chi connectivity index (χ3v) is 2.26. The molecule has 2 nitrogen and oxygen atoms in total. The number of primary amides is 1. The van der Waals surface area contributed by atoms with Crippen LogP contribution in [0.3, 0.4) is 0 Å². The minimum Gasteiger partial charge on any atom is -0.367 e. The van der Waals surface area contributed by atoms with Gasteiger partial charge in [0, 0.05) is 6.42 Å². The number of nitrogens with two attached hydrogens (primary N) is 1. The van der Waals surface area contributed by atoms with E-state index >= 15 is 0 Å². The fourth-order valence-electron chi connectivity index (χ4n) is 1.56. The van der Waals surface area contributed by atoms with Crippen molar-refractivity contribution < 1.29 is 9.18 Å². The first-order valence-electron chi connectivity index (χ1n) is 5.72. The maximum absolute atomic E-state index is 13.9. The van der Waals surface area contributed by atoms with Crippen molar-refractivity contribution in [3.05, 3.63) is 0 Å². The molecular formula is C13H22FNO. The number of hydrogen-bond acceptors (Lipinski definition) is 1. The summed E-state index contributed by atoms with van der Waals surface area (Å²) in [6, 6.07) is 0. The van der Waals surface area contributed by atoms with Crippen molar-refractivity contribution in [3.8, 4) is 11.8 Å². The topological polar surface area (TPSA) is 43.1 Å². The highest BCUT2D eigenvalue weighted by molar-refractivity contribution is 5.83. The molecule has 0 heterocycles. The van der Waals surface area contributed by atoms with Crippen LogP contribution >= 0.6 is 0 Å². The molecule has 0 aliphatic heterocycles. The van der Waals surface area contributed by atoms with Gasteiger partial charge in [-0.05, 0) is 11.8 Å². The van der Waals surface area contributed by atoms with Crippen LogP contribution in [0.5, 0.6) is 0 Å². The molecule has 1 rings (SSSR count). The summed E-state index contributed by atoms with van der Waals surface area (Å²) >= 11 is 0. The number of carbonyl (C=O) groups excluding carboxylic acids is 1. The molecule has 1 aliphatic rings. The second-order valence-electron chi connectivity index (χ2n) is 5.08. The highest BCUT2D eigenvalue weighted by Gasteiger charge is 2.42. The first-order valence-corrected chi connectivity index (χ1v) is 5.72. The molecule has 0 bridgehead atoms. The summed E-state index contributed by atoms with van der Waals surface area (Å²) in [5.41, 5.74) is 2.80. The summed E-state index contributed by atoms with van der Waals surface area (Å²) in [5, 5.41) is 0. The van der Waals surface area contributed by atoms with E-state index in [0.717, 1.165) is 0 Å². The van der Waals surface area contributed by atoms with Crippen molar-refractivity contribution in [1.29, 1.82) is 0 Å². The van der Waals surface area contributed by atoms with Gasteiger partial charge in [-0.3, -0.25) is 4.79 Å². The van der Waals surface area contributed by atoms with Crippen LogP contribution in [-0.4, -0.2) is 11.6 Å². The lowest BCUT2D eigenvalue weighted by Gasteiger charge is -2.28. The lowest BCUT2D eigenvalue weighted by molar-refractivity contribution is -0.131. The third kappa shape index (κ3) is 4.65. The molecule has 3 heteroatoms. The van der Waals surface area contributed by atoms with Crippen LogP contribution in [0, 0.1) is 17.3 Å². The van der Waals surface area contributed by atoms with E-state index in [-0.39, 0.29) is 18.3 Å². The molecule has 0 aromatic heterocycles. The van der Waals surface area contributed by atoms with Crippen LogP contribution in [0.4, 0.5) is 4.39 Å². The summed E-state index contributed by atoms with van der Waals surface area (Å²) < 4.78 is 13.9. The van der Waals surface area contributed by atoms with Crippen molar-refractivity contribution in [3.63, 3.8) is 0 Å². The Kier molecular flexibility index (Phi) is 5.50. The largest absolute Gasteiger partial charge is 0.367 e. The van der Waals surface area contributed by atoms with Gasteiger partial charge in [0.25, 0.3) is 5.91 Å². The fraction of sp³-hybridized carbons (Fsp3) is 0.769. The third-order valence-electron chi connectivity index (χ3n) is 2.26. The minimum atomic E-state index is -1.94. The van der Waals surface area contributed by atoms with E-state index in [1.165, 1.54) is 6.42 Å². The Labute approximate surface area is 97.8 Å². The Morgan fingerprint density at radius 3 is 2.19 bits per heavy atom. The maximum atomic E-state index is 13.9. The zero-order valence-corrected chi connectivity index (χ0v) is 10.7. The predicted octanol–water partition coefficient (Wildman–Crippen LogP) is 2.81. The molecule has 0 aromatic rings.